The number of halogens is 3. The summed E-state index contributed by atoms with van der Waals surface area (Å²) >= 11 is 0. The Kier molecular flexibility index (Phi) is 4.44. The molecule has 0 fully saturated rings. The van der Waals surface area contributed by atoms with Crippen LogP contribution in [-0.4, -0.2) is 24.7 Å². The minimum absolute atomic E-state index is 0.0590. The number of para-hydroxylation sites is 2. The molecule has 9 heteroatoms. The molecule has 0 aliphatic rings. The number of hydrogen-bond acceptors (Lipinski definition) is 4. The maximum atomic E-state index is 13.5. The first-order chi connectivity index (χ1) is 13.4. The number of hydrogen-bond donors (Lipinski definition) is 2. The predicted octanol–water partition coefficient (Wildman–Crippen LogP) is 4.66. The molecule has 0 unspecified atom stereocenters. The van der Waals surface area contributed by atoms with Crippen molar-refractivity contribution >= 4 is 27.9 Å². The van der Waals surface area contributed by atoms with E-state index in [1.165, 1.54) is 6.92 Å². The van der Waals surface area contributed by atoms with Gasteiger partial charge in [0.15, 0.2) is 11.5 Å². The summed E-state index contributed by atoms with van der Waals surface area (Å²) in [5.41, 5.74) is 1.49. The summed E-state index contributed by atoms with van der Waals surface area (Å²) < 4.78 is 42.6. The number of alkyl halides is 3. The lowest BCUT2D eigenvalue weighted by molar-refractivity contribution is -0.136. The molecule has 0 saturated carbocycles. The zero-order valence-corrected chi connectivity index (χ0v) is 15.4. The minimum atomic E-state index is -4.50. The number of aromatic amines is 1. The molecule has 1 aromatic carbocycles. The number of rotatable bonds is 5. The van der Waals surface area contributed by atoms with Gasteiger partial charge in [-0.25, -0.2) is 9.97 Å². The van der Waals surface area contributed by atoms with Crippen molar-refractivity contribution in [2.45, 2.75) is 39.5 Å². The smallest absolute Gasteiger partial charge is 0.361 e. The van der Waals surface area contributed by atoms with Gasteiger partial charge in [-0.2, -0.15) is 18.3 Å². The molecule has 6 nitrogen and oxygen atoms in total. The van der Waals surface area contributed by atoms with Crippen LogP contribution in [0.15, 0.2) is 30.3 Å². The molecule has 0 amide bonds. The van der Waals surface area contributed by atoms with Crippen LogP contribution < -0.4 is 5.32 Å². The number of anilines is 1. The Morgan fingerprint density at radius 2 is 1.96 bits per heavy atom. The zero-order valence-electron chi connectivity index (χ0n) is 15.4. The maximum absolute atomic E-state index is 13.5. The van der Waals surface area contributed by atoms with Crippen molar-refractivity contribution in [2.24, 2.45) is 0 Å². The fraction of sp³-hybridized carbons (Fsp3) is 0.316. The molecule has 28 heavy (non-hydrogen) atoms. The van der Waals surface area contributed by atoms with Gasteiger partial charge in [-0.15, -0.1) is 0 Å². The number of nitrogens with zero attached hydrogens (tertiary/aromatic N) is 4. The van der Waals surface area contributed by atoms with Gasteiger partial charge >= 0.3 is 6.18 Å². The highest BCUT2D eigenvalue weighted by molar-refractivity contribution is 5.91. The van der Waals surface area contributed by atoms with Gasteiger partial charge in [-0.05, 0) is 31.5 Å². The topological polar surface area (TPSA) is 71.4 Å². The van der Waals surface area contributed by atoms with Crippen LogP contribution >= 0.6 is 0 Å². The number of aryl methyl sites for hydroxylation is 2. The van der Waals surface area contributed by atoms with Crippen LogP contribution in [0, 0.1) is 6.92 Å². The third-order valence-electron chi connectivity index (χ3n) is 4.56. The van der Waals surface area contributed by atoms with E-state index in [-0.39, 0.29) is 29.1 Å². The molecule has 4 rings (SSSR count). The molecule has 0 saturated heterocycles. The van der Waals surface area contributed by atoms with Crippen LogP contribution in [0.4, 0.5) is 19.0 Å². The van der Waals surface area contributed by atoms with Crippen molar-refractivity contribution in [3.63, 3.8) is 0 Å². The Bertz CT molecular complexity index is 1140. The summed E-state index contributed by atoms with van der Waals surface area (Å²) in [5, 5.41) is 9.56. The van der Waals surface area contributed by atoms with Crippen molar-refractivity contribution in [1.82, 2.24) is 24.7 Å². The van der Waals surface area contributed by atoms with Gasteiger partial charge in [0.05, 0.1) is 28.5 Å². The Balaban J connectivity index is 1.72. The summed E-state index contributed by atoms with van der Waals surface area (Å²) in [5.74, 6) is 0.859. The summed E-state index contributed by atoms with van der Waals surface area (Å²) in [6.45, 7) is 4.61. The highest BCUT2D eigenvalue weighted by atomic mass is 19.4. The van der Waals surface area contributed by atoms with E-state index >= 15 is 0 Å². The number of fused-ring (bicyclic) bond motifs is 2. The third-order valence-corrected chi connectivity index (χ3v) is 4.56. The van der Waals surface area contributed by atoms with E-state index in [1.807, 2.05) is 24.3 Å². The number of benzene rings is 1. The van der Waals surface area contributed by atoms with Gasteiger partial charge < -0.3 is 9.88 Å². The molecule has 4 aromatic rings. The molecule has 0 aliphatic carbocycles. The first-order valence-corrected chi connectivity index (χ1v) is 8.99. The van der Waals surface area contributed by atoms with Crippen LogP contribution in [0.2, 0.25) is 0 Å². The van der Waals surface area contributed by atoms with Gasteiger partial charge in [0.1, 0.15) is 5.82 Å². The van der Waals surface area contributed by atoms with E-state index < -0.39 is 11.7 Å². The molecule has 0 aliphatic heterocycles. The normalized spacial score (nSPS) is 12.2. The van der Waals surface area contributed by atoms with Crippen LogP contribution in [-0.2, 0) is 19.3 Å². The lowest BCUT2D eigenvalue weighted by Crippen LogP contribution is -2.11. The molecule has 146 valence electrons. The summed E-state index contributed by atoms with van der Waals surface area (Å²) in [4.78, 5) is 8.75. The lowest BCUT2D eigenvalue weighted by Gasteiger charge is -2.11. The largest absolute Gasteiger partial charge is 0.417 e. The Morgan fingerprint density at radius 3 is 2.71 bits per heavy atom. The van der Waals surface area contributed by atoms with E-state index in [1.54, 1.807) is 0 Å². The van der Waals surface area contributed by atoms with E-state index in [2.05, 4.69) is 37.0 Å². The van der Waals surface area contributed by atoms with Crippen LogP contribution in [0.3, 0.4) is 0 Å². The van der Waals surface area contributed by atoms with Crippen LogP contribution in [0.25, 0.3) is 22.1 Å². The fourth-order valence-corrected chi connectivity index (χ4v) is 3.41. The van der Waals surface area contributed by atoms with Crippen molar-refractivity contribution in [3.8, 4) is 0 Å². The number of aromatic nitrogens is 5. The maximum Gasteiger partial charge on any atom is 0.417 e. The van der Waals surface area contributed by atoms with Crippen molar-refractivity contribution in [1.29, 1.82) is 0 Å². The van der Waals surface area contributed by atoms with E-state index in [4.69, 9.17) is 0 Å². The van der Waals surface area contributed by atoms with E-state index in [0.29, 0.717) is 0 Å². The molecule has 3 aromatic heterocycles. The molecular formula is C19H19F3N6. The zero-order chi connectivity index (χ0) is 19.9. The average molecular weight is 388 g/mol. The standard InChI is InChI=1S/C19H19F3N6/c1-3-8-28-14-7-5-4-6-13(14)25-15(28)10-23-17-16-12(19(20,21)22)9-11(2)24-18(16)27-26-17/h4-7,9H,3,8,10H2,1-2H3,(H2,23,24,26,27). The van der Waals surface area contributed by atoms with Gasteiger partial charge in [-0.3, -0.25) is 5.10 Å². The highest BCUT2D eigenvalue weighted by Gasteiger charge is 2.35. The SMILES string of the molecule is CCCn1c(CNc2n[nH]c3nc(C)cc(C(F)(F)F)c23)nc2ccccc21. The van der Waals surface area contributed by atoms with Crippen molar-refractivity contribution in [2.75, 3.05) is 5.32 Å². The number of nitrogens with one attached hydrogen (secondary N) is 2. The van der Waals surface area contributed by atoms with Gasteiger partial charge in [-0.1, -0.05) is 19.1 Å². The average Bonchev–Trinajstić information content (AvgIpc) is 3.20. The monoisotopic (exact) mass is 388 g/mol. The summed E-state index contributed by atoms with van der Waals surface area (Å²) in [7, 11) is 0. The third kappa shape index (κ3) is 3.17. The Labute approximate surface area is 158 Å². The quantitative estimate of drug-likeness (QED) is 0.522. The first kappa shape index (κ1) is 18.3. The second kappa shape index (κ2) is 6.81. The molecule has 0 bridgehead atoms. The second-order valence-electron chi connectivity index (χ2n) is 6.63. The summed E-state index contributed by atoms with van der Waals surface area (Å²) in [6, 6.07) is 8.80. The fourth-order valence-electron chi connectivity index (χ4n) is 3.41. The van der Waals surface area contributed by atoms with Crippen LogP contribution in [0.1, 0.15) is 30.4 Å². The van der Waals surface area contributed by atoms with Crippen molar-refractivity contribution in [3.05, 3.63) is 47.4 Å². The number of imidazole rings is 1. The Morgan fingerprint density at radius 1 is 1.18 bits per heavy atom. The molecule has 3 heterocycles. The van der Waals surface area contributed by atoms with Gasteiger partial charge in [0.25, 0.3) is 0 Å². The molecular weight excluding hydrogens is 369 g/mol. The second-order valence-corrected chi connectivity index (χ2v) is 6.63. The lowest BCUT2D eigenvalue weighted by atomic mass is 10.1. The summed E-state index contributed by atoms with van der Waals surface area (Å²) in [6.07, 6.45) is -3.58. The number of H-pyrrole nitrogens is 1. The van der Waals surface area contributed by atoms with Gasteiger partial charge in [0, 0.05) is 12.2 Å². The van der Waals surface area contributed by atoms with Crippen molar-refractivity contribution < 1.29 is 13.2 Å². The van der Waals surface area contributed by atoms with E-state index in [9.17, 15) is 13.2 Å². The predicted molar refractivity (Wildman–Crippen MR) is 101 cm³/mol. The highest BCUT2D eigenvalue weighted by Crippen LogP contribution is 2.37. The minimum Gasteiger partial charge on any atom is -0.361 e. The van der Waals surface area contributed by atoms with Gasteiger partial charge in [0.2, 0.25) is 0 Å². The van der Waals surface area contributed by atoms with E-state index in [0.717, 1.165) is 35.9 Å². The molecule has 0 spiro atoms. The first-order valence-electron chi connectivity index (χ1n) is 8.99. The molecule has 0 atom stereocenters. The molecule has 0 radical (unpaired) electrons. The molecule has 2 N–H and O–H groups in total. The number of pyridine rings is 1. The van der Waals surface area contributed by atoms with Crippen LogP contribution in [0.5, 0.6) is 0 Å². The Hall–Kier alpha value is -3.10.